The lowest BCUT2D eigenvalue weighted by molar-refractivity contribution is -0.114. The van der Waals surface area contributed by atoms with Gasteiger partial charge in [0.2, 0.25) is 5.91 Å². The molecule has 0 fully saturated rings. The van der Waals surface area contributed by atoms with Gasteiger partial charge in [0, 0.05) is 33.7 Å². The average Bonchev–Trinajstić information content (AvgIpc) is 2.91. The number of hydrogen-bond donors (Lipinski definition) is 2. The average molecular weight is 316 g/mol. The van der Waals surface area contributed by atoms with Crippen LogP contribution in [-0.2, 0) is 10.5 Å². The Hall–Kier alpha value is -1.74. The van der Waals surface area contributed by atoms with Gasteiger partial charge in [-0.3, -0.25) is 4.79 Å². The highest BCUT2D eigenvalue weighted by atomic mass is 32.2. The van der Waals surface area contributed by atoms with Crippen LogP contribution in [0.3, 0.4) is 0 Å². The molecule has 2 aromatic rings. The lowest BCUT2D eigenvalue weighted by Crippen LogP contribution is -2.05. The molecule has 0 aliphatic rings. The van der Waals surface area contributed by atoms with Crippen LogP contribution in [0.4, 0.5) is 5.69 Å². The summed E-state index contributed by atoms with van der Waals surface area (Å²) in [4.78, 5) is 13.4. The van der Waals surface area contributed by atoms with Crippen LogP contribution in [0.2, 0.25) is 0 Å². The van der Waals surface area contributed by atoms with Crippen molar-refractivity contribution in [2.24, 2.45) is 5.73 Å². The van der Waals surface area contributed by atoms with Crippen molar-refractivity contribution in [3.05, 3.63) is 46.2 Å². The molecular weight excluding hydrogens is 300 g/mol. The number of thiophene rings is 1. The van der Waals surface area contributed by atoms with E-state index in [1.165, 1.54) is 11.8 Å². The lowest BCUT2D eigenvalue weighted by Gasteiger charge is -2.04. The fourth-order valence-corrected chi connectivity index (χ4v) is 3.54. The molecule has 0 saturated heterocycles. The number of carbonyl (C=O) groups excluding carboxylic acids is 1. The fraction of sp³-hybridized carbons (Fsp3) is 0.188. The molecule has 1 aromatic heterocycles. The molecule has 0 aliphatic carbocycles. The molecule has 0 spiro atoms. The van der Waals surface area contributed by atoms with Gasteiger partial charge in [0.25, 0.3) is 0 Å². The summed E-state index contributed by atoms with van der Waals surface area (Å²) in [6, 6.07) is 9.87. The Kier molecular flexibility index (Phi) is 5.88. The van der Waals surface area contributed by atoms with E-state index in [9.17, 15) is 4.79 Å². The van der Waals surface area contributed by atoms with Crippen molar-refractivity contribution in [2.75, 3.05) is 11.9 Å². The van der Waals surface area contributed by atoms with Gasteiger partial charge in [-0.05, 0) is 35.7 Å². The van der Waals surface area contributed by atoms with Gasteiger partial charge in [0.05, 0.1) is 6.54 Å². The number of benzene rings is 1. The Morgan fingerprint density at radius 2 is 2.10 bits per heavy atom. The van der Waals surface area contributed by atoms with E-state index in [1.807, 2.05) is 30.3 Å². The predicted molar refractivity (Wildman–Crippen MR) is 90.6 cm³/mol. The molecule has 0 bridgehead atoms. The number of amides is 1. The number of anilines is 1. The van der Waals surface area contributed by atoms with E-state index in [1.54, 1.807) is 23.1 Å². The maximum Gasteiger partial charge on any atom is 0.221 e. The van der Waals surface area contributed by atoms with Crippen molar-refractivity contribution in [3.63, 3.8) is 0 Å². The Morgan fingerprint density at radius 3 is 2.76 bits per heavy atom. The number of hydrogen-bond acceptors (Lipinski definition) is 4. The first-order chi connectivity index (χ1) is 10.2. The van der Waals surface area contributed by atoms with Gasteiger partial charge in [-0.2, -0.15) is 0 Å². The summed E-state index contributed by atoms with van der Waals surface area (Å²) in [6.07, 6.45) is 0. The summed E-state index contributed by atoms with van der Waals surface area (Å²) in [7, 11) is 0. The standard InChI is InChI=1S/C16H16N2OS2/c1-12(19)18-14-4-6-15(7-5-14)21-11-16-13(3-2-9-17)8-10-20-16/h4-8,10H,9,11,17H2,1H3,(H,18,19). The maximum absolute atomic E-state index is 11.0. The van der Waals surface area contributed by atoms with Crippen molar-refractivity contribution in [1.29, 1.82) is 0 Å². The summed E-state index contributed by atoms with van der Waals surface area (Å²) < 4.78 is 0. The zero-order valence-electron chi connectivity index (χ0n) is 11.7. The predicted octanol–water partition coefficient (Wildman–Crippen LogP) is 3.31. The number of rotatable bonds is 4. The first-order valence-electron chi connectivity index (χ1n) is 6.45. The molecule has 0 unspecified atom stereocenters. The maximum atomic E-state index is 11.0. The molecule has 1 aromatic carbocycles. The largest absolute Gasteiger partial charge is 0.326 e. The topological polar surface area (TPSA) is 55.1 Å². The third kappa shape index (κ3) is 4.94. The molecule has 1 heterocycles. The second kappa shape index (κ2) is 7.89. The van der Waals surface area contributed by atoms with Gasteiger partial charge in [0.1, 0.15) is 0 Å². The molecular formula is C16H16N2OS2. The van der Waals surface area contributed by atoms with Crippen LogP contribution in [0.15, 0.2) is 40.6 Å². The molecule has 5 heteroatoms. The van der Waals surface area contributed by atoms with E-state index in [0.29, 0.717) is 6.54 Å². The SMILES string of the molecule is CC(=O)Nc1ccc(SCc2sccc2C#CCN)cc1. The molecule has 0 atom stereocenters. The molecule has 0 radical (unpaired) electrons. The minimum Gasteiger partial charge on any atom is -0.326 e. The molecule has 0 aliphatic heterocycles. The molecule has 3 nitrogen and oxygen atoms in total. The summed E-state index contributed by atoms with van der Waals surface area (Å²) in [5.41, 5.74) is 7.28. The number of thioether (sulfide) groups is 1. The first kappa shape index (κ1) is 15.6. The number of nitrogens with one attached hydrogen (secondary N) is 1. The highest BCUT2D eigenvalue weighted by Gasteiger charge is 2.03. The van der Waals surface area contributed by atoms with Crippen LogP contribution in [0, 0.1) is 11.8 Å². The van der Waals surface area contributed by atoms with Gasteiger partial charge < -0.3 is 11.1 Å². The van der Waals surface area contributed by atoms with Crippen molar-refractivity contribution in [2.45, 2.75) is 17.6 Å². The minimum atomic E-state index is -0.0582. The smallest absolute Gasteiger partial charge is 0.221 e. The lowest BCUT2D eigenvalue weighted by atomic mass is 10.3. The number of nitrogens with two attached hydrogens (primary N) is 1. The third-order valence-electron chi connectivity index (χ3n) is 2.62. The summed E-state index contributed by atoms with van der Waals surface area (Å²) >= 11 is 3.46. The van der Waals surface area contributed by atoms with E-state index in [4.69, 9.17) is 5.73 Å². The summed E-state index contributed by atoms with van der Waals surface area (Å²) in [5, 5.41) is 4.81. The first-order valence-corrected chi connectivity index (χ1v) is 8.31. The van der Waals surface area contributed by atoms with Gasteiger partial charge >= 0.3 is 0 Å². The molecule has 0 saturated carbocycles. The van der Waals surface area contributed by atoms with Crippen LogP contribution in [-0.4, -0.2) is 12.5 Å². The van der Waals surface area contributed by atoms with Gasteiger partial charge in [-0.15, -0.1) is 23.1 Å². The van der Waals surface area contributed by atoms with E-state index >= 15 is 0 Å². The Bertz CT molecular complexity index is 666. The Balaban J connectivity index is 1.97. The van der Waals surface area contributed by atoms with Gasteiger partial charge in [-0.1, -0.05) is 11.8 Å². The van der Waals surface area contributed by atoms with Crippen LogP contribution in [0.1, 0.15) is 17.4 Å². The number of carbonyl (C=O) groups is 1. The highest BCUT2D eigenvalue weighted by Crippen LogP contribution is 2.28. The van der Waals surface area contributed by atoms with Crippen LogP contribution in [0.5, 0.6) is 0 Å². The van der Waals surface area contributed by atoms with Gasteiger partial charge in [-0.25, -0.2) is 0 Å². The van der Waals surface area contributed by atoms with E-state index in [0.717, 1.165) is 21.9 Å². The van der Waals surface area contributed by atoms with Crippen molar-refractivity contribution >= 4 is 34.7 Å². The molecule has 2 rings (SSSR count). The zero-order valence-corrected chi connectivity index (χ0v) is 13.3. The fourth-order valence-electron chi connectivity index (χ4n) is 1.70. The second-order valence-electron chi connectivity index (χ2n) is 4.26. The summed E-state index contributed by atoms with van der Waals surface area (Å²) in [6.45, 7) is 1.89. The molecule has 3 N–H and O–H groups in total. The van der Waals surface area contributed by atoms with E-state index < -0.39 is 0 Å². The monoisotopic (exact) mass is 316 g/mol. The quantitative estimate of drug-likeness (QED) is 0.672. The Morgan fingerprint density at radius 1 is 1.33 bits per heavy atom. The normalized spacial score (nSPS) is 9.81. The van der Waals surface area contributed by atoms with Crippen molar-refractivity contribution in [3.8, 4) is 11.8 Å². The molecule has 21 heavy (non-hydrogen) atoms. The molecule has 1 amide bonds. The second-order valence-corrected chi connectivity index (χ2v) is 6.31. The van der Waals surface area contributed by atoms with Crippen LogP contribution in [0.25, 0.3) is 0 Å². The minimum absolute atomic E-state index is 0.0582. The molecule has 108 valence electrons. The zero-order chi connectivity index (χ0) is 15.1. The van der Waals surface area contributed by atoms with E-state index in [-0.39, 0.29) is 5.91 Å². The van der Waals surface area contributed by atoms with Crippen LogP contribution >= 0.6 is 23.1 Å². The van der Waals surface area contributed by atoms with Crippen molar-refractivity contribution in [1.82, 2.24) is 0 Å². The Labute approximate surface area is 132 Å². The third-order valence-corrected chi connectivity index (χ3v) is 4.76. The van der Waals surface area contributed by atoms with E-state index in [2.05, 4.69) is 22.5 Å². The van der Waals surface area contributed by atoms with Crippen molar-refractivity contribution < 1.29 is 4.79 Å². The van der Waals surface area contributed by atoms with Gasteiger partial charge in [0.15, 0.2) is 0 Å². The highest BCUT2D eigenvalue weighted by molar-refractivity contribution is 7.98. The van der Waals surface area contributed by atoms with Crippen LogP contribution < -0.4 is 11.1 Å². The summed E-state index contributed by atoms with van der Waals surface area (Å²) in [5.74, 6) is 6.81.